The Morgan fingerprint density at radius 3 is 2.82 bits per heavy atom. The first-order valence-corrected chi connectivity index (χ1v) is 5.72. The van der Waals surface area contributed by atoms with Crippen molar-refractivity contribution in [2.24, 2.45) is 11.7 Å². The molecule has 0 radical (unpaired) electrons. The minimum absolute atomic E-state index is 0.0171. The molecule has 0 aliphatic carbocycles. The van der Waals surface area contributed by atoms with Gasteiger partial charge >= 0.3 is 0 Å². The van der Waals surface area contributed by atoms with Crippen molar-refractivity contribution in [1.29, 1.82) is 0 Å². The van der Waals surface area contributed by atoms with Crippen LogP contribution in [0.5, 0.6) is 0 Å². The molecule has 0 bridgehead atoms. The Kier molecular flexibility index (Phi) is 5.25. The van der Waals surface area contributed by atoms with Crippen LogP contribution in [0, 0.1) is 5.92 Å². The molecular weight excluding hydrogens is 240 g/mol. The van der Waals surface area contributed by atoms with E-state index in [1.807, 2.05) is 19.1 Å². The first kappa shape index (κ1) is 13.8. The van der Waals surface area contributed by atoms with Crippen LogP contribution in [0.15, 0.2) is 24.3 Å². The average molecular weight is 257 g/mol. The Bertz CT molecular complexity index is 385. The van der Waals surface area contributed by atoms with Crippen LogP contribution in [0.4, 0.5) is 5.69 Å². The Morgan fingerprint density at radius 2 is 2.29 bits per heavy atom. The Hall–Kier alpha value is -1.26. The Labute approximate surface area is 106 Å². The number of ether oxygens (including phenoxy) is 1. The number of carbonyl (C=O) groups is 1. The first-order chi connectivity index (χ1) is 8.04. The van der Waals surface area contributed by atoms with Crippen molar-refractivity contribution in [1.82, 2.24) is 0 Å². The molecule has 0 spiro atoms. The van der Waals surface area contributed by atoms with E-state index >= 15 is 0 Å². The second-order valence-electron chi connectivity index (χ2n) is 3.97. The molecule has 0 aliphatic heterocycles. The third-order valence-corrected chi connectivity index (χ3v) is 2.69. The van der Waals surface area contributed by atoms with E-state index in [4.69, 9.17) is 22.1 Å². The van der Waals surface area contributed by atoms with Gasteiger partial charge in [0.1, 0.15) is 6.04 Å². The van der Waals surface area contributed by atoms with Gasteiger partial charge in [0.05, 0.1) is 6.61 Å². The van der Waals surface area contributed by atoms with Crippen molar-refractivity contribution >= 4 is 23.2 Å². The number of methoxy groups -OCH3 is 1. The Morgan fingerprint density at radius 1 is 1.59 bits per heavy atom. The highest BCUT2D eigenvalue weighted by atomic mass is 35.5. The molecule has 0 saturated heterocycles. The van der Waals surface area contributed by atoms with Gasteiger partial charge in [0.25, 0.3) is 0 Å². The summed E-state index contributed by atoms with van der Waals surface area (Å²) in [6.45, 7) is 2.36. The van der Waals surface area contributed by atoms with E-state index in [0.29, 0.717) is 11.6 Å². The number of carbonyl (C=O) groups excluding carboxylic acids is 1. The molecule has 0 aliphatic rings. The molecule has 0 aromatic heterocycles. The summed E-state index contributed by atoms with van der Waals surface area (Å²) in [5.74, 6) is -0.425. The lowest BCUT2D eigenvalue weighted by molar-refractivity contribution is -0.120. The van der Waals surface area contributed by atoms with E-state index in [1.165, 1.54) is 0 Å². The summed E-state index contributed by atoms with van der Waals surface area (Å²) in [4.78, 5) is 11.4. The van der Waals surface area contributed by atoms with E-state index in [1.54, 1.807) is 19.2 Å². The molecule has 1 rings (SSSR count). The number of anilines is 1. The van der Waals surface area contributed by atoms with Crippen LogP contribution < -0.4 is 11.1 Å². The normalized spacial score (nSPS) is 14.1. The van der Waals surface area contributed by atoms with E-state index < -0.39 is 11.9 Å². The standard InChI is InChI=1S/C12H17ClN2O2/c1-8(7-17-2)11(12(14)16)15-10-5-3-4-9(13)6-10/h3-6,8,11,15H,7H2,1-2H3,(H2,14,16). The van der Waals surface area contributed by atoms with Gasteiger partial charge in [-0.15, -0.1) is 0 Å². The number of nitrogens with two attached hydrogens (primary N) is 1. The van der Waals surface area contributed by atoms with Crippen molar-refractivity contribution < 1.29 is 9.53 Å². The van der Waals surface area contributed by atoms with Crippen LogP contribution in [0.1, 0.15) is 6.92 Å². The van der Waals surface area contributed by atoms with Gasteiger partial charge in [-0.25, -0.2) is 0 Å². The minimum Gasteiger partial charge on any atom is -0.384 e. The van der Waals surface area contributed by atoms with Gasteiger partial charge in [0.15, 0.2) is 0 Å². The highest BCUT2D eigenvalue weighted by Crippen LogP contribution is 2.17. The summed E-state index contributed by atoms with van der Waals surface area (Å²) >= 11 is 5.87. The number of halogens is 1. The first-order valence-electron chi connectivity index (χ1n) is 5.35. The van der Waals surface area contributed by atoms with Crippen LogP contribution in [0.2, 0.25) is 5.02 Å². The maximum atomic E-state index is 11.4. The van der Waals surface area contributed by atoms with Crippen LogP contribution in [-0.4, -0.2) is 25.7 Å². The summed E-state index contributed by atoms with van der Waals surface area (Å²) < 4.78 is 5.02. The Balaban J connectivity index is 2.76. The molecule has 3 N–H and O–H groups in total. The zero-order valence-corrected chi connectivity index (χ0v) is 10.7. The predicted octanol–water partition coefficient (Wildman–Crippen LogP) is 1.89. The summed E-state index contributed by atoms with van der Waals surface area (Å²) in [5, 5.41) is 3.67. The van der Waals surface area contributed by atoms with Gasteiger partial charge in [-0.1, -0.05) is 24.6 Å². The number of hydrogen-bond acceptors (Lipinski definition) is 3. The molecule has 0 heterocycles. The molecule has 5 heteroatoms. The molecule has 94 valence electrons. The van der Waals surface area contributed by atoms with E-state index in [2.05, 4.69) is 5.32 Å². The maximum absolute atomic E-state index is 11.4. The van der Waals surface area contributed by atoms with E-state index in [-0.39, 0.29) is 5.92 Å². The van der Waals surface area contributed by atoms with Crippen molar-refractivity contribution in [3.05, 3.63) is 29.3 Å². The molecule has 1 aromatic carbocycles. The fourth-order valence-corrected chi connectivity index (χ4v) is 1.80. The second kappa shape index (κ2) is 6.47. The summed E-state index contributed by atoms with van der Waals surface area (Å²) in [6, 6.07) is 6.68. The molecule has 1 amide bonds. The lowest BCUT2D eigenvalue weighted by atomic mass is 10.0. The van der Waals surface area contributed by atoms with Gasteiger partial charge in [-0.2, -0.15) is 0 Å². The monoisotopic (exact) mass is 256 g/mol. The fourth-order valence-electron chi connectivity index (χ4n) is 1.61. The SMILES string of the molecule is COCC(C)C(Nc1cccc(Cl)c1)C(N)=O. The lowest BCUT2D eigenvalue weighted by Crippen LogP contribution is -2.42. The highest BCUT2D eigenvalue weighted by Gasteiger charge is 2.22. The average Bonchev–Trinajstić information content (AvgIpc) is 2.26. The van der Waals surface area contributed by atoms with Crippen molar-refractivity contribution in [3.8, 4) is 0 Å². The number of rotatable bonds is 6. The highest BCUT2D eigenvalue weighted by molar-refractivity contribution is 6.30. The maximum Gasteiger partial charge on any atom is 0.240 e. The van der Waals surface area contributed by atoms with Crippen LogP contribution >= 0.6 is 11.6 Å². The summed E-state index contributed by atoms with van der Waals surface area (Å²) in [6.07, 6.45) is 0. The van der Waals surface area contributed by atoms with Crippen LogP contribution in [-0.2, 0) is 9.53 Å². The van der Waals surface area contributed by atoms with E-state index in [9.17, 15) is 4.79 Å². The van der Waals surface area contributed by atoms with Crippen molar-refractivity contribution in [3.63, 3.8) is 0 Å². The van der Waals surface area contributed by atoms with Crippen molar-refractivity contribution in [2.75, 3.05) is 19.0 Å². The summed E-state index contributed by atoms with van der Waals surface area (Å²) in [5.41, 5.74) is 6.13. The molecule has 2 atom stereocenters. The topological polar surface area (TPSA) is 64.3 Å². The third kappa shape index (κ3) is 4.24. The van der Waals surface area contributed by atoms with Gasteiger partial charge < -0.3 is 15.8 Å². The van der Waals surface area contributed by atoms with Gasteiger partial charge in [-0.05, 0) is 18.2 Å². The predicted molar refractivity (Wildman–Crippen MR) is 69.1 cm³/mol. The molecule has 4 nitrogen and oxygen atoms in total. The van der Waals surface area contributed by atoms with Gasteiger partial charge in [0, 0.05) is 23.7 Å². The van der Waals surface area contributed by atoms with Gasteiger partial charge in [-0.3, -0.25) is 4.79 Å². The van der Waals surface area contributed by atoms with Crippen molar-refractivity contribution in [2.45, 2.75) is 13.0 Å². The molecular formula is C12H17ClN2O2. The molecule has 0 fully saturated rings. The smallest absolute Gasteiger partial charge is 0.240 e. The van der Waals surface area contributed by atoms with Gasteiger partial charge in [0.2, 0.25) is 5.91 Å². The summed E-state index contributed by atoms with van der Waals surface area (Å²) in [7, 11) is 1.59. The fraction of sp³-hybridized carbons (Fsp3) is 0.417. The zero-order chi connectivity index (χ0) is 12.8. The number of primary amides is 1. The second-order valence-corrected chi connectivity index (χ2v) is 4.40. The quantitative estimate of drug-likeness (QED) is 0.817. The molecule has 17 heavy (non-hydrogen) atoms. The number of amides is 1. The lowest BCUT2D eigenvalue weighted by Gasteiger charge is -2.22. The molecule has 0 saturated carbocycles. The number of benzene rings is 1. The third-order valence-electron chi connectivity index (χ3n) is 2.45. The molecule has 2 unspecified atom stereocenters. The number of nitrogens with one attached hydrogen (secondary N) is 1. The van der Waals surface area contributed by atoms with Crippen LogP contribution in [0.25, 0.3) is 0 Å². The molecule has 1 aromatic rings. The number of hydrogen-bond donors (Lipinski definition) is 2. The van der Waals surface area contributed by atoms with Crippen LogP contribution in [0.3, 0.4) is 0 Å². The zero-order valence-electron chi connectivity index (χ0n) is 9.94. The van der Waals surface area contributed by atoms with E-state index in [0.717, 1.165) is 5.69 Å². The minimum atomic E-state index is -0.478. The largest absolute Gasteiger partial charge is 0.384 e.